The van der Waals surface area contributed by atoms with E-state index in [1.807, 2.05) is 13.8 Å². The van der Waals surface area contributed by atoms with Crippen LogP contribution in [0.2, 0.25) is 0 Å². The number of hydrogen-bond acceptors (Lipinski definition) is 4. The maximum Gasteiger partial charge on any atom is 0.110 e. The fourth-order valence-electron chi connectivity index (χ4n) is 1.50. The van der Waals surface area contributed by atoms with Crippen LogP contribution in [0.25, 0.3) is 0 Å². The zero-order valence-corrected chi connectivity index (χ0v) is 9.09. The third-order valence-corrected chi connectivity index (χ3v) is 2.45. The van der Waals surface area contributed by atoms with Gasteiger partial charge >= 0.3 is 0 Å². The van der Waals surface area contributed by atoms with Gasteiger partial charge in [-0.15, -0.1) is 0 Å². The van der Waals surface area contributed by atoms with Crippen molar-refractivity contribution in [2.45, 2.75) is 39.0 Å². The van der Waals surface area contributed by atoms with Crippen LogP contribution in [0.15, 0.2) is 6.20 Å². The van der Waals surface area contributed by atoms with Crippen LogP contribution in [-0.2, 0) is 6.54 Å². The van der Waals surface area contributed by atoms with Gasteiger partial charge in [0.15, 0.2) is 0 Å². The third kappa shape index (κ3) is 2.56. The van der Waals surface area contributed by atoms with E-state index in [0.717, 1.165) is 18.7 Å². The van der Waals surface area contributed by atoms with Gasteiger partial charge in [0, 0.05) is 17.8 Å². The maximum absolute atomic E-state index is 9.69. The molecule has 1 aromatic rings. The molecule has 1 aromatic heterocycles. The van der Waals surface area contributed by atoms with Gasteiger partial charge in [-0.3, -0.25) is 4.68 Å². The first-order chi connectivity index (χ1) is 7.11. The zero-order valence-electron chi connectivity index (χ0n) is 9.09. The van der Waals surface area contributed by atoms with Crippen molar-refractivity contribution in [2.24, 2.45) is 0 Å². The minimum absolute atomic E-state index is 0.459. The summed E-state index contributed by atoms with van der Waals surface area (Å²) in [5.41, 5.74) is 1.40. The average Bonchev–Trinajstić information content (AvgIpc) is 2.59. The summed E-state index contributed by atoms with van der Waals surface area (Å²) >= 11 is 0. The molecule has 0 aliphatic carbocycles. The number of aryl methyl sites for hydroxylation is 1. The summed E-state index contributed by atoms with van der Waals surface area (Å²) in [5.74, 6) is 0. The molecule has 0 saturated heterocycles. The van der Waals surface area contributed by atoms with Crippen LogP contribution in [0.5, 0.6) is 0 Å². The van der Waals surface area contributed by atoms with Crippen LogP contribution in [-0.4, -0.2) is 37.8 Å². The lowest BCUT2D eigenvalue weighted by Gasteiger charge is -2.15. The Morgan fingerprint density at radius 2 is 2.13 bits per heavy atom. The lowest BCUT2D eigenvalue weighted by molar-refractivity contribution is -0.0156. The normalized spacial score (nSPS) is 15.3. The standard InChI is InChI=1S/C10H18N2O3/c1-3-4-12-7(2)8(5-11-12)10(15)9(14)6-13/h5,9-10,13-15H,3-4,6H2,1-2H3. The molecule has 15 heavy (non-hydrogen) atoms. The first kappa shape index (κ1) is 12.2. The number of rotatable bonds is 5. The van der Waals surface area contributed by atoms with Crippen molar-refractivity contribution >= 4 is 0 Å². The number of aliphatic hydroxyl groups is 3. The molecule has 0 spiro atoms. The van der Waals surface area contributed by atoms with Crippen molar-refractivity contribution in [3.63, 3.8) is 0 Å². The van der Waals surface area contributed by atoms with Gasteiger partial charge in [-0.05, 0) is 13.3 Å². The Hall–Kier alpha value is -0.910. The van der Waals surface area contributed by atoms with E-state index in [-0.39, 0.29) is 0 Å². The number of nitrogens with zero attached hydrogens (tertiary/aromatic N) is 2. The highest BCUT2D eigenvalue weighted by Crippen LogP contribution is 2.20. The molecule has 2 unspecified atom stereocenters. The van der Waals surface area contributed by atoms with Crippen molar-refractivity contribution < 1.29 is 15.3 Å². The topological polar surface area (TPSA) is 78.5 Å². The average molecular weight is 214 g/mol. The van der Waals surface area contributed by atoms with Crippen molar-refractivity contribution in [2.75, 3.05) is 6.61 Å². The minimum Gasteiger partial charge on any atom is -0.394 e. The molecule has 86 valence electrons. The van der Waals surface area contributed by atoms with Gasteiger partial charge in [0.25, 0.3) is 0 Å². The molecular formula is C10H18N2O3. The van der Waals surface area contributed by atoms with Crippen molar-refractivity contribution in [1.29, 1.82) is 0 Å². The summed E-state index contributed by atoms with van der Waals surface area (Å²) in [6.45, 7) is 4.21. The summed E-state index contributed by atoms with van der Waals surface area (Å²) in [6, 6.07) is 0. The molecule has 0 saturated carbocycles. The molecule has 1 heterocycles. The Bertz CT molecular complexity index is 312. The van der Waals surface area contributed by atoms with Crippen LogP contribution in [0.3, 0.4) is 0 Å². The predicted molar refractivity (Wildman–Crippen MR) is 55.3 cm³/mol. The van der Waals surface area contributed by atoms with Crippen LogP contribution in [0.1, 0.15) is 30.7 Å². The first-order valence-corrected chi connectivity index (χ1v) is 5.11. The van der Waals surface area contributed by atoms with Gasteiger partial charge < -0.3 is 15.3 Å². The highest BCUT2D eigenvalue weighted by atomic mass is 16.4. The lowest BCUT2D eigenvalue weighted by Crippen LogP contribution is -2.22. The maximum atomic E-state index is 9.69. The third-order valence-electron chi connectivity index (χ3n) is 2.45. The van der Waals surface area contributed by atoms with E-state index in [1.54, 1.807) is 4.68 Å². The molecule has 0 fully saturated rings. The second-order valence-corrected chi connectivity index (χ2v) is 3.60. The molecule has 1 rings (SSSR count). The Balaban J connectivity index is 2.85. The monoisotopic (exact) mass is 214 g/mol. The summed E-state index contributed by atoms with van der Waals surface area (Å²) in [6.07, 6.45) is 0.276. The van der Waals surface area contributed by atoms with E-state index in [9.17, 15) is 10.2 Å². The molecule has 5 nitrogen and oxygen atoms in total. The van der Waals surface area contributed by atoms with Gasteiger partial charge in [-0.1, -0.05) is 6.92 Å². The van der Waals surface area contributed by atoms with E-state index in [0.29, 0.717) is 5.56 Å². The van der Waals surface area contributed by atoms with Crippen molar-refractivity contribution in [1.82, 2.24) is 9.78 Å². The summed E-state index contributed by atoms with van der Waals surface area (Å²) < 4.78 is 1.78. The smallest absolute Gasteiger partial charge is 0.110 e. The second kappa shape index (κ2) is 5.25. The molecule has 3 N–H and O–H groups in total. The fraction of sp³-hybridized carbons (Fsp3) is 0.700. The Labute approximate surface area is 89.0 Å². The molecule has 5 heteroatoms. The molecule has 0 aliphatic heterocycles. The van der Waals surface area contributed by atoms with Crippen LogP contribution < -0.4 is 0 Å². The Morgan fingerprint density at radius 1 is 1.47 bits per heavy atom. The SMILES string of the molecule is CCCn1ncc(C(O)C(O)CO)c1C. The summed E-state index contributed by atoms with van der Waals surface area (Å²) in [4.78, 5) is 0. The van der Waals surface area contributed by atoms with Crippen molar-refractivity contribution in [3.05, 3.63) is 17.5 Å². The largest absolute Gasteiger partial charge is 0.394 e. The summed E-state index contributed by atoms with van der Waals surface area (Å²) in [5, 5.41) is 31.8. The number of aromatic nitrogens is 2. The van der Waals surface area contributed by atoms with E-state index >= 15 is 0 Å². The van der Waals surface area contributed by atoms with Crippen LogP contribution in [0.4, 0.5) is 0 Å². The van der Waals surface area contributed by atoms with Gasteiger partial charge in [-0.2, -0.15) is 5.10 Å². The lowest BCUT2D eigenvalue weighted by atomic mass is 10.1. The van der Waals surface area contributed by atoms with Crippen molar-refractivity contribution in [3.8, 4) is 0 Å². The van der Waals surface area contributed by atoms with Gasteiger partial charge in [0.2, 0.25) is 0 Å². The Kier molecular flexibility index (Phi) is 4.26. The first-order valence-electron chi connectivity index (χ1n) is 5.11. The molecule has 0 amide bonds. The molecular weight excluding hydrogens is 196 g/mol. The Morgan fingerprint density at radius 3 is 2.67 bits per heavy atom. The van der Waals surface area contributed by atoms with E-state index in [4.69, 9.17) is 5.11 Å². The molecule has 2 atom stereocenters. The van der Waals surface area contributed by atoms with E-state index in [2.05, 4.69) is 5.10 Å². The predicted octanol–water partition coefficient (Wildman–Crippen LogP) is -0.0119. The van der Waals surface area contributed by atoms with Crippen LogP contribution >= 0.6 is 0 Å². The molecule has 0 radical (unpaired) electrons. The van der Waals surface area contributed by atoms with Gasteiger partial charge in [0.05, 0.1) is 12.8 Å². The summed E-state index contributed by atoms with van der Waals surface area (Å²) in [7, 11) is 0. The van der Waals surface area contributed by atoms with Gasteiger partial charge in [0.1, 0.15) is 12.2 Å². The van der Waals surface area contributed by atoms with Gasteiger partial charge in [-0.25, -0.2) is 0 Å². The van der Waals surface area contributed by atoms with E-state index in [1.165, 1.54) is 6.20 Å². The number of aliphatic hydroxyl groups excluding tert-OH is 3. The molecule has 0 bridgehead atoms. The quantitative estimate of drug-likeness (QED) is 0.644. The minimum atomic E-state index is -1.15. The number of hydrogen-bond donors (Lipinski definition) is 3. The highest BCUT2D eigenvalue weighted by molar-refractivity contribution is 5.20. The zero-order chi connectivity index (χ0) is 11.4. The second-order valence-electron chi connectivity index (χ2n) is 3.60. The molecule has 0 aromatic carbocycles. The fourth-order valence-corrected chi connectivity index (χ4v) is 1.50. The van der Waals surface area contributed by atoms with E-state index < -0.39 is 18.8 Å². The van der Waals surface area contributed by atoms with Crippen LogP contribution in [0, 0.1) is 6.92 Å². The molecule has 0 aliphatic rings. The highest BCUT2D eigenvalue weighted by Gasteiger charge is 2.21.